The van der Waals surface area contributed by atoms with Crippen LogP contribution in [0.15, 0.2) is 53.9 Å². The average molecular weight is 277 g/mol. The van der Waals surface area contributed by atoms with Gasteiger partial charge in [-0.15, -0.1) is 0 Å². The van der Waals surface area contributed by atoms with E-state index >= 15 is 0 Å². The smallest absolute Gasteiger partial charge is 0.203 e. The van der Waals surface area contributed by atoms with Crippen LogP contribution in [0, 0.1) is 5.82 Å². The highest BCUT2D eigenvalue weighted by Crippen LogP contribution is 2.31. The fourth-order valence-corrected chi connectivity index (χ4v) is 2.26. The molecular weight excluding hydrogens is 267 g/mol. The van der Waals surface area contributed by atoms with Gasteiger partial charge in [0.15, 0.2) is 0 Å². The van der Waals surface area contributed by atoms with Crippen LogP contribution in [0.5, 0.6) is 0 Å². The highest BCUT2D eigenvalue weighted by molar-refractivity contribution is 6.68. The van der Waals surface area contributed by atoms with Crippen LogP contribution in [0.1, 0.15) is 11.6 Å². The molecular formula is C13H10ClFN4. The van der Waals surface area contributed by atoms with Crippen molar-refractivity contribution in [3.8, 4) is 0 Å². The van der Waals surface area contributed by atoms with Crippen LogP contribution in [0.2, 0.25) is 0 Å². The van der Waals surface area contributed by atoms with E-state index in [2.05, 4.69) is 15.2 Å². The molecule has 3 rings (SSSR count). The van der Waals surface area contributed by atoms with Crippen molar-refractivity contribution in [3.05, 3.63) is 60.3 Å². The van der Waals surface area contributed by atoms with Crippen molar-refractivity contribution < 1.29 is 4.39 Å². The van der Waals surface area contributed by atoms with E-state index in [0.717, 1.165) is 11.3 Å². The lowest BCUT2D eigenvalue weighted by atomic mass is 10.1. The first-order valence-electron chi connectivity index (χ1n) is 5.69. The van der Waals surface area contributed by atoms with Crippen LogP contribution in [0.25, 0.3) is 0 Å². The molecule has 1 aliphatic rings. The molecule has 2 aromatic rings. The number of aromatic amines is 1. The normalized spacial score (nSPS) is 18.5. The molecule has 1 unspecified atom stereocenters. The van der Waals surface area contributed by atoms with Crippen molar-refractivity contribution in [2.75, 3.05) is 4.90 Å². The van der Waals surface area contributed by atoms with E-state index in [9.17, 15) is 4.39 Å². The number of anilines is 1. The number of aliphatic imine (C=N–C) groups is 1. The number of rotatable bonds is 2. The van der Waals surface area contributed by atoms with E-state index in [1.54, 1.807) is 30.7 Å². The van der Waals surface area contributed by atoms with Gasteiger partial charge in [-0.3, -0.25) is 5.10 Å². The van der Waals surface area contributed by atoms with Gasteiger partial charge in [0.25, 0.3) is 0 Å². The van der Waals surface area contributed by atoms with Gasteiger partial charge in [-0.25, -0.2) is 9.38 Å². The summed E-state index contributed by atoms with van der Waals surface area (Å²) >= 11 is 6.17. The summed E-state index contributed by atoms with van der Waals surface area (Å²) in [7, 11) is 0. The molecule has 4 nitrogen and oxygen atoms in total. The first kappa shape index (κ1) is 11.9. The van der Waals surface area contributed by atoms with Crippen LogP contribution in [0.4, 0.5) is 10.1 Å². The Balaban J connectivity index is 2.02. The molecule has 96 valence electrons. The third-order valence-electron chi connectivity index (χ3n) is 2.89. The number of nitrogens with zero attached hydrogens (tertiary/aromatic N) is 3. The topological polar surface area (TPSA) is 44.3 Å². The van der Waals surface area contributed by atoms with Crippen LogP contribution in [0.3, 0.4) is 0 Å². The molecule has 0 fully saturated rings. The maximum Gasteiger partial charge on any atom is 0.203 e. The van der Waals surface area contributed by atoms with Gasteiger partial charge in [0.2, 0.25) is 5.29 Å². The zero-order valence-corrected chi connectivity index (χ0v) is 10.5. The van der Waals surface area contributed by atoms with E-state index in [-0.39, 0.29) is 11.9 Å². The molecule has 0 spiro atoms. The van der Waals surface area contributed by atoms with Gasteiger partial charge in [-0.05, 0) is 41.9 Å². The molecule has 0 aliphatic carbocycles. The molecule has 1 aromatic heterocycles. The lowest BCUT2D eigenvalue weighted by molar-refractivity contribution is 0.627. The second kappa shape index (κ2) is 4.85. The van der Waals surface area contributed by atoms with Gasteiger partial charge in [0, 0.05) is 23.6 Å². The van der Waals surface area contributed by atoms with Gasteiger partial charge < -0.3 is 4.90 Å². The Labute approximate surface area is 114 Å². The SMILES string of the molecule is Fc1ccc(N2C(Cl)=NC=CC2c2cn[nH]c2)cc1. The van der Waals surface area contributed by atoms with Crippen molar-refractivity contribution in [1.29, 1.82) is 0 Å². The number of hydrogen-bond acceptors (Lipinski definition) is 3. The minimum absolute atomic E-state index is 0.116. The summed E-state index contributed by atoms with van der Waals surface area (Å²) in [6.07, 6.45) is 7.07. The third-order valence-corrected chi connectivity index (χ3v) is 3.17. The second-order valence-corrected chi connectivity index (χ2v) is 4.40. The maximum absolute atomic E-state index is 13.0. The maximum atomic E-state index is 13.0. The average Bonchev–Trinajstić information content (AvgIpc) is 2.94. The Hall–Kier alpha value is -2.14. The molecule has 1 aliphatic heterocycles. The molecule has 1 atom stereocenters. The molecule has 6 heteroatoms. The summed E-state index contributed by atoms with van der Waals surface area (Å²) in [5.74, 6) is -0.288. The highest BCUT2D eigenvalue weighted by Gasteiger charge is 2.25. The molecule has 0 amide bonds. The predicted molar refractivity (Wildman–Crippen MR) is 72.6 cm³/mol. The summed E-state index contributed by atoms with van der Waals surface area (Å²) in [4.78, 5) is 5.88. The molecule has 0 radical (unpaired) electrons. The Morgan fingerprint density at radius 3 is 2.74 bits per heavy atom. The summed E-state index contributed by atoms with van der Waals surface area (Å²) in [5, 5.41) is 7.04. The lowest BCUT2D eigenvalue weighted by Gasteiger charge is -2.31. The largest absolute Gasteiger partial charge is 0.305 e. The van der Waals surface area contributed by atoms with Crippen molar-refractivity contribution in [2.45, 2.75) is 6.04 Å². The number of halogens is 2. The molecule has 0 saturated heterocycles. The van der Waals surface area contributed by atoms with Gasteiger partial charge in [-0.2, -0.15) is 5.10 Å². The first-order chi connectivity index (χ1) is 9.25. The van der Waals surface area contributed by atoms with Gasteiger partial charge in [0.05, 0.1) is 12.2 Å². The summed E-state index contributed by atoms with van der Waals surface area (Å²) in [6.45, 7) is 0. The number of amidine groups is 1. The Morgan fingerprint density at radius 1 is 1.26 bits per heavy atom. The number of benzene rings is 1. The number of H-pyrrole nitrogens is 1. The first-order valence-corrected chi connectivity index (χ1v) is 6.07. The van der Waals surface area contributed by atoms with Crippen molar-refractivity contribution >= 4 is 22.6 Å². The fourth-order valence-electron chi connectivity index (χ4n) is 2.00. The summed E-state index contributed by atoms with van der Waals surface area (Å²) < 4.78 is 13.0. The number of aromatic nitrogens is 2. The van der Waals surface area contributed by atoms with E-state index in [1.807, 2.05) is 11.0 Å². The molecule has 1 aromatic carbocycles. The van der Waals surface area contributed by atoms with Crippen LogP contribution >= 0.6 is 11.6 Å². The van der Waals surface area contributed by atoms with Crippen LogP contribution in [-0.4, -0.2) is 15.5 Å². The molecule has 19 heavy (non-hydrogen) atoms. The second-order valence-electron chi connectivity index (χ2n) is 4.06. The van der Waals surface area contributed by atoms with Crippen LogP contribution < -0.4 is 4.90 Å². The standard InChI is InChI=1S/C13H10ClFN4/c14-13-16-6-5-12(9-7-17-18-8-9)19(13)11-3-1-10(15)2-4-11/h1-8,12H,(H,17,18). The van der Waals surface area contributed by atoms with Crippen molar-refractivity contribution in [1.82, 2.24) is 10.2 Å². The predicted octanol–water partition coefficient (Wildman–Crippen LogP) is 3.22. The lowest BCUT2D eigenvalue weighted by Crippen LogP contribution is -2.32. The minimum atomic E-state index is -0.288. The van der Waals surface area contributed by atoms with E-state index in [1.165, 1.54) is 12.1 Å². The monoisotopic (exact) mass is 276 g/mol. The van der Waals surface area contributed by atoms with E-state index in [0.29, 0.717) is 5.29 Å². The van der Waals surface area contributed by atoms with Crippen LogP contribution in [-0.2, 0) is 0 Å². The van der Waals surface area contributed by atoms with Crippen molar-refractivity contribution in [2.24, 2.45) is 4.99 Å². The highest BCUT2D eigenvalue weighted by atomic mass is 35.5. The fraction of sp³-hybridized carbons (Fsp3) is 0.0769. The van der Waals surface area contributed by atoms with E-state index < -0.39 is 0 Å². The quantitative estimate of drug-likeness (QED) is 0.856. The Morgan fingerprint density at radius 2 is 2.05 bits per heavy atom. The molecule has 0 bridgehead atoms. The number of hydrogen-bond donors (Lipinski definition) is 1. The summed E-state index contributed by atoms with van der Waals surface area (Å²) in [5.41, 5.74) is 1.72. The molecule has 2 heterocycles. The minimum Gasteiger partial charge on any atom is -0.305 e. The zero-order valence-electron chi connectivity index (χ0n) is 9.79. The third kappa shape index (κ3) is 2.24. The van der Waals surface area contributed by atoms with Crippen molar-refractivity contribution in [3.63, 3.8) is 0 Å². The van der Waals surface area contributed by atoms with Gasteiger partial charge in [0.1, 0.15) is 5.82 Å². The number of nitrogens with one attached hydrogen (secondary N) is 1. The molecule has 0 saturated carbocycles. The molecule has 1 N–H and O–H groups in total. The summed E-state index contributed by atoms with van der Waals surface area (Å²) in [6, 6.07) is 6.00. The van der Waals surface area contributed by atoms with Gasteiger partial charge >= 0.3 is 0 Å². The Kier molecular flexibility index (Phi) is 3.05. The van der Waals surface area contributed by atoms with Gasteiger partial charge in [-0.1, -0.05) is 0 Å². The Bertz CT molecular complexity index is 619. The zero-order chi connectivity index (χ0) is 13.2. The van der Waals surface area contributed by atoms with E-state index in [4.69, 9.17) is 11.6 Å².